The third kappa shape index (κ3) is 62.6. The number of aliphatic hydroxyl groups excluding tert-OH is 1. The molecule has 0 saturated carbocycles. The van der Waals surface area contributed by atoms with Gasteiger partial charge in [0.1, 0.15) is 19.3 Å². The van der Waals surface area contributed by atoms with Crippen LogP contribution in [0.25, 0.3) is 0 Å². The number of unbranched alkanes of at least 4 members (excludes halogenated alkanes) is 31. The zero-order chi connectivity index (χ0) is 64.7. The summed E-state index contributed by atoms with van der Waals surface area (Å²) < 4.78 is 68.1. The minimum atomic E-state index is -4.95. The van der Waals surface area contributed by atoms with Gasteiger partial charge in [-0.05, 0) is 49.4 Å². The lowest BCUT2D eigenvalue weighted by Crippen LogP contribution is -2.30. The lowest BCUT2D eigenvalue weighted by molar-refractivity contribution is -0.161. The van der Waals surface area contributed by atoms with Gasteiger partial charge >= 0.3 is 39.5 Å². The van der Waals surface area contributed by atoms with Gasteiger partial charge in [-0.15, -0.1) is 0 Å². The molecule has 3 unspecified atom stereocenters. The second kappa shape index (κ2) is 57.9. The third-order valence-electron chi connectivity index (χ3n) is 15.6. The molecule has 17 nitrogen and oxygen atoms in total. The van der Waals surface area contributed by atoms with Crippen LogP contribution >= 0.6 is 15.6 Å². The molecule has 0 amide bonds. The summed E-state index contributed by atoms with van der Waals surface area (Å²) in [4.78, 5) is 72.4. The van der Waals surface area contributed by atoms with Crippen molar-refractivity contribution in [1.82, 2.24) is 0 Å². The molecule has 0 saturated heterocycles. The number of rotatable bonds is 65. The highest BCUT2D eigenvalue weighted by molar-refractivity contribution is 7.47. The van der Waals surface area contributed by atoms with Crippen LogP contribution < -0.4 is 0 Å². The number of phosphoric ester groups is 2. The van der Waals surface area contributed by atoms with E-state index in [0.717, 1.165) is 115 Å². The topological polar surface area (TPSA) is 237 Å². The molecule has 5 atom stereocenters. The Labute approximate surface area is 530 Å². The first-order valence-electron chi connectivity index (χ1n) is 35.2. The average molecular weight is 1280 g/mol. The molecule has 0 aliphatic rings. The Morgan fingerprint density at radius 3 is 0.713 bits per heavy atom. The van der Waals surface area contributed by atoms with Crippen molar-refractivity contribution in [2.75, 3.05) is 39.6 Å². The Bertz CT molecular complexity index is 1730. The number of hydrogen-bond acceptors (Lipinski definition) is 15. The van der Waals surface area contributed by atoms with Gasteiger partial charge < -0.3 is 33.8 Å². The second-order valence-corrected chi connectivity index (χ2v) is 29.4. The van der Waals surface area contributed by atoms with Crippen LogP contribution in [0.1, 0.15) is 331 Å². The van der Waals surface area contributed by atoms with Gasteiger partial charge in [0, 0.05) is 25.7 Å². The van der Waals surface area contributed by atoms with E-state index >= 15 is 0 Å². The monoisotopic (exact) mass is 1280 g/mol. The van der Waals surface area contributed by atoms with Crippen LogP contribution in [0, 0.1) is 23.7 Å². The first-order valence-corrected chi connectivity index (χ1v) is 38.2. The van der Waals surface area contributed by atoms with E-state index in [1.807, 2.05) is 0 Å². The summed E-state index contributed by atoms with van der Waals surface area (Å²) in [7, 11) is -9.90. The second-order valence-electron chi connectivity index (χ2n) is 26.5. The summed E-state index contributed by atoms with van der Waals surface area (Å²) in [6.45, 7) is 14.0. The number of esters is 4. The van der Waals surface area contributed by atoms with E-state index in [1.54, 1.807) is 0 Å². The Kier molecular flexibility index (Phi) is 56.6. The molecule has 0 aromatic carbocycles. The van der Waals surface area contributed by atoms with Gasteiger partial charge in [0.2, 0.25) is 0 Å². The van der Waals surface area contributed by atoms with Crippen molar-refractivity contribution in [3.05, 3.63) is 0 Å². The third-order valence-corrected chi connectivity index (χ3v) is 17.5. The highest BCUT2D eigenvalue weighted by Gasteiger charge is 2.30. The van der Waals surface area contributed by atoms with Crippen LogP contribution in [-0.2, 0) is 65.4 Å². The minimum Gasteiger partial charge on any atom is -0.462 e. The molecule has 0 rings (SSSR count). The lowest BCUT2D eigenvalue weighted by Gasteiger charge is -2.21. The maximum atomic E-state index is 13.0. The Morgan fingerprint density at radius 1 is 0.287 bits per heavy atom. The van der Waals surface area contributed by atoms with Crippen molar-refractivity contribution in [3.8, 4) is 0 Å². The van der Waals surface area contributed by atoms with Gasteiger partial charge in [-0.25, -0.2) is 9.13 Å². The molecule has 0 bridgehead atoms. The van der Waals surface area contributed by atoms with E-state index in [2.05, 4.69) is 55.4 Å². The van der Waals surface area contributed by atoms with Crippen molar-refractivity contribution in [3.63, 3.8) is 0 Å². The van der Waals surface area contributed by atoms with Crippen LogP contribution in [0.15, 0.2) is 0 Å². The van der Waals surface area contributed by atoms with Crippen LogP contribution in [0.5, 0.6) is 0 Å². The largest absolute Gasteiger partial charge is 0.472 e. The summed E-state index contributed by atoms with van der Waals surface area (Å²) in [5.41, 5.74) is 0. The Hall–Kier alpha value is -1.94. The molecule has 0 aliphatic heterocycles. The fourth-order valence-corrected chi connectivity index (χ4v) is 11.7. The first kappa shape index (κ1) is 85.1. The van der Waals surface area contributed by atoms with Gasteiger partial charge in [-0.2, -0.15) is 0 Å². The van der Waals surface area contributed by atoms with E-state index in [0.29, 0.717) is 37.5 Å². The van der Waals surface area contributed by atoms with E-state index < -0.39 is 97.5 Å². The molecule has 0 aromatic heterocycles. The molecule has 87 heavy (non-hydrogen) atoms. The van der Waals surface area contributed by atoms with Crippen LogP contribution in [0.4, 0.5) is 0 Å². The Morgan fingerprint density at radius 2 is 0.483 bits per heavy atom. The molecule has 3 N–H and O–H groups in total. The van der Waals surface area contributed by atoms with Crippen LogP contribution in [0.3, 0.4) is 0 Å². The van der Waals surface area contributed by atoms with Crippen LogP contribution in [0.2, 0.25) is 0 Å². The van der Waals surface area contributed by atoms with Gasteiger partial charge in [-0.3, -0.25) is 37.3 Å². The molecule has 19 heteroatoms. The fraction of sp³-hybridized carbons (Fsp3) is 0.941. The zero-order valence-corrected chi connectivity index (χ0v) is 58.4. The van der Waals surface area contributed by atoms with Gasteiger partial charge in [0.05, 0.1) is 26.4 Å². The van der Waals surface area contributed by atoms with Gasteiger partial charge in [-0.1, -0.05) is 280 Å². The van der Waals surface area contributed by atoms with Gasteiger partial charge in [0.15, 0.2) is 12.2 Å². The predicted octanol–water partition coefficient (Wildman–Crippen LogP) is 18.9. The standard InChI is InChI=1S/C68H132O17P2/c1-58(2)44-36-28-20-15-13-11-9-10-12-14-16-23-34-42-50-67(72)84-63(54-78-65(70)48-40-32-25-19-22-30-38-46-60(5)6)56-82-86(74,75)80-52-62(69)53-81-87(76,77)83-57-64(55-79-66(71)49-41-33-27-26-31-39-47-61(7)8)85-68(73)51-43-35-24-18-17-21-29-37-45-59(3)4/h58-64,69H,9-57H2,1-8H3,(H,74,75)(H,76,77)/t62?,63-,64-/m1/s1. The molecule has 0 spiro atoms. The Balaban J connectivity index is 5.22. The first-order chi connectivity index (χ1) is 41.6. The normalized spacial score (nSPS) is 14.3. The SMILES string of the molecule is CC(C)CCCCCCCCCCCCCCCCC(=O)O[C@H](COC(=O)CCCCCCCCCC(C)C)COP(=O)(O)OCC(O)COP(=O)(O)OC[C@@H](COC(=O)CCCCCCCCC(C)C)OC(=O)CCCCCCCCCCC(C)C. The number of aliphatic hydroxyl groups is 1. The molecular weight excluding hydrogens is 1150 g/mol. The molecule has 0 aromatic rings. The van der Waals surface area contributed by atoms with Crippen LogP contribution in [-0.4, -0.2) is 96.7 Å². The van der Waals surface area contributed by atoms with E-state index in [9.17, 15) is 43.2 Å². The lowest BCUT2D eigenvalue weighted by atomic mass is 10.0. The number of carbonyl (C=O) groups is 4. The maximum Gasteiger partial charge on any atom is 0.472 e. The van der Waals surface area contributed by atoms with Crippen molar-refractivity contribution >= 4 is 39.5 Å². The minimum absolute atomic E-state index is 0.103. The molecule has 0 aliphatic carbocycles. The van der Waals surface area contributed by atoms with Crippen molar-refractivity contribution in [1.29, 1.82) is 0 Å². The maximum absolute atomic E-state index is 13.0. The number of ether oxygens (including phenoxy) is 4. The molecule has 0 fully saturated rings. The summed E-state index contributed by atoms with van der Waals surface area (Å²) >= 11 is 0. The summed E-state index contributed by atoms with van der Waals surface area (Å²) in [5.74, 6) is 0.762. The smallest absolute Gasteiger partial charge is 0.462 e. The molecular formula is C68H132O17P2. The summed E-state index contributed by atoms with van der Waals surface area (Å²) in [6.07, 6.45) is 39.2. The molecule has 516 valence electrons. The zero-order valence-electron chi connectivity index (χ0n) is 56.6. The summed E-state index contributed by atoms with van der Waals surface area (Å²) in [6, 6.07) is 0. The van der Waals surface area contributed by atoms with Crippen molar-refractivity contribution < 1.29 is 80.2 Å². The number of phosphoric acid groups is 2. The van der Waals surface area contributed by atoms with E-state index in [1.165, 1.54) is 122 Å². The van der Waals surface area contributed by atoms with Crippen molar-refractivity contribution in [2.24, 2.45) is 23.7 Å². The van der Waals surface area contributed by atoms with Gasteiger partial charge in [0.25, 0.3) is 0 Å². The van der Waals surface area contributed by atoms with E-state index in [-0.39, 0.29) is 25.7 Å². The van der Waals surface area contributed by atoms with Crippen molar-refractivity contribution in [2.45, 2.75) is 350 Å². The number of hydrogen-bond donors (Lipinski definition) is 3. The summed E-state index contributed by atoms with van der Waals surface area (Å²) in [5, 5.41) is 10.6. The van der Waals surface area contributed by atoms with E-state index in [4.69, 9.17) is 37.0 Å². The molecule has 0 heterocycles. The number of carbonyl (C=O) groups excluding carboxylic acids is 4. The fourth-order valence-electron chi connectivity index (χ4n) is 10.1. The quantitative estimate of drug-likeness (QED) is 0.0222. The highest BCUT2D eigenvalue weighted by atomic mass is 31.2. The predicted molar refractivity (Wildman–Crippen MR) is 349 cm³/mol. The molecule has 0 radical (unpaired) electrons. The highest BCUT2D eigenvalue weighted by Crippen LogP contribution is 2.45. The average Bonchev–Trinajstić information content (AvgIpc) is 3.67.